The van der Waals surface area contributed by atoms with Crippen molar-refractivity contribution in [1.29, 1.82) is 10.5 Å². The number of aromatic nitrogens is 1. The van der Waals surface area contributed by atoms with Crippen molar-refractivity contribution in [1.82, 2.24) is 4.98 Å². The predicted octanol–water partition coefficient (Wildman–Crippen LogP) is 3.19. The molecule has 1 aromatic carbocycles. The molecule has 5 nitrogen and oxygen atoms in total. The minimum atomic E-state index is 0.142. The molecule has 1 heterocycles. The lowest BCUT2D eigenvalue weighted by atomic mass is 9.97. The van der Waals surface area contributed by atoms with Gasteiger partial charge in [0.1, 0.15) is 34.3 Å². The van der Waals surface area contributed by atoms with E-state index >= 15 is 0 Å². The highest BCUT2D eigenvalue weighted by atomic mass is 32.2. The first-order valence-electron chi connectivity index (χ1n) is 6.57. The normalized spacial score (nSPS) is 9.82. The second-order valence-corrected chi connectivity index (χ2v) is 5.57. The number of nitrogens with two attached hydrogens (primary N) is 1. The molecule has 0 saturated heterocycles. The molecule has 0 aliphatic heterocycles. The van der Waals surface area contributed by atoms with E-state index in [1.54, 1.807) is 31.4 Å². The van der Waals surface area contributed by atoms with Crippen LogP contribution in [0, 0.1) is 22.7 Å². The highest BCUT2D eigenvalue weighted by Crippen LogP contribution is 2.35. The molecule has 0 aliphatic carbocycles. The summed E-state index contributed by atoms with van der Waals surface area (Å²) < 4.78 is 5.13. The molecule has 1 aromatic heterocycles. The number of hydrogen-bond acceptors (Lipinski definition) is 6. The molecule has 0 fully saturated rings. The number of anilines is 1. The van der Waals surface area contributed by atoms with Gasteiger partial charge in [0.2, 0.25) is 0 Å². The monoisotopic (exact) mass is 310 g/mol. The van der Waals surface area contributed by atoms with Gasteiger partial charge in [0, 0.05) is 5.56 Å². The summed E-state index contributed by atoms with van der Waals surface area (Å²) in [6.07, 6.45) is 0. The van der Waals surface area contributed by atoms with Crippen LogP contribution in [0.15, 0.2) is 29.3 Å². The van der Waals surface area contributed by atoms with Crippen molar-refractivity contribution in [2.75, 3.05) is 18.6 Å². The van der Waals surface area contributed by atoms with E-state index < -0.39 is 0 Å². The molecule has 0 aliphatic rings. The van der Waals surface area contributed by atoms with Gasteiger partial charge in [-0.25, -0.2) is 4.98 Å². The molecule has 0 unspecified atom stereocenters. The van der Waals surface area contributed by atoms with Gasteiger partial charge in [-0.2, -0.15) is 10.5 Å². The van der Waals surface area contributed by atoms with Gasteiger partial charge in [-0.15, -0.1) is 11.8 Å². The molecule has 2 N–H and O–H groups in total. The molecule has 2 rings (SSSR count). The van der Waals surface area contributed by atoms with Gasteiger partial charge >= 0.3 is 0 Å². The quantitative estimate of drug-likeness (QED) is 0.871. The van der Waals surface area contributed by atoms with Crippen LogP contribution in [0.3, 0.4) is 0 Å². The molecule has 0 radical (unpaired) electrons. The van der Waals surface area contributed by atoms with Crippen LogP contribution in [0.4, 0.5) is 5.82 Å². The Hall–Kier alpha value is -2.70. The van der Waals surface area contributed by atoms with E-state index in [4.69, 9.17) is 10.5 Å². The fourth-order valence-electron chi connectivity index (χ4n) is 2.09. The first-order chi connectivity index (χ1) is 10.7. The van der Waals surface area contributed by atoms with Crippen LogP contribution in [-0.4, -0.2) is 17.8 Å². The molecular weight excluding hydrogens is 296 g/mol. The SMILES string of the molecule is CCSc1nc(N)c(C#N)c(-c2ccc(OC)cc2)c1C#N. The number of ether oxygens (including phenoxy) is 1. The minimum absolute atomic E-state index is 0.142. The molecule has 0 amide bonds. The highest BCUT2D eigenvalue weighted by molar-refractivity contribution is 7.99. The lowest BCUT2D eigenvalue weighted by molar-refractivity contribution is 0.415. The lowest BCUT2D eigenvalue weighted by Gasteiger charge is -2.12. The van der Waals surface area contributed by atoms with Crippen molar-refractivity contribution in [3.05, 3.63) is 35.4 Å². The second-order valence-electron chi connectivity index (χ2n) is 4.31. The molecule has 110 valence electrons. The summed E-state index contributed by atoms with van der Waals surface area (Å²) in [7, 11) is 1.58. The highest BCUT2D eigenvalue weighted by Gasteiger charge is 2.20. The predicted molar refractivity (Wildman–Crippen MR) is 86.5 cm³/mol. The molecule has 0 saturated carbocycles. The molecule has 2 aromatic rings. The van der Waals surface area contributed by atoms with Crippen molar-refractivity contribution >= 4 is 17.6 Å². The average Bonchev–Trinajstić information content (AvgIpc) is 2.54. The van der Waals surface area contributed by atoms with E-state index in [0.29, 0.717) is 21.9 Å². The number of hydrogen-bond donors (Lipinski definition) is 1. The third-order valence-corrected chi connectivity index (χ3v) is 3.93. The Morgan fingerprint density at radius 2 is 1.82 bits per heavy atom. The Labute approximate surface area is 133 Å². The minimum Gasteiger partial charge on any atom is -0.497 e. The smallest absolute Gasteiger partial charge is 0.143 e. The van der Waals surface area contributed by atoms with Gasteiger partial charge in [0.05, 0.1) is 12.7 Å². The fraction of sp³-hybridized carbons (Fsp3) is 0.188. The number of methoxy groups -OCH3 is 1. The summed E-state index contributed by atoms with van der Waals surface area (Å²) in [5.41, 5.74) is 7.76. The number of nitriles is 2. The molecule has 0 atom stereocenters. The Morgan fingerprint density at radius 1 is 1.18 bits per heavy atom. The maximum Gasteiger partial charge on any atom is 0.143 e. The van der Waals surface area contributed by atoms with Crippen molar-refractivity contribution in [3.8, 4) is 29.0 Å². The van der Waals surface area contributed by atoms with Crippen molar-refractivity contribution < 1.29 is 4.74 Å². The van der Waals surface area contributed by atoms with Crippen LogP contribution in [0.25, 0.3) is 11.1 Å². The zero-order valence-corrected chi connectivity index (χ0v) is 13.1. The second kappa shape index (κ2) is 6.84. The van der Waals surface area contributed by atoms with Gasteiger partial charge < -0.3 is 10.5 Å². The summed E-state index contributed by atoms with van der Waals surface area (Å²) in [5.74, 6) is 1.60. The Balaban J connectivity index is 2.76. The van der Waals surface area contributed by atoms with Gasteiger partial charge in [0.15, 0.2) is 0 Å². The van der Waals surface area contributed by atoms with E-state index in [0.717, 1.165) is 11.3 Å². The maximum absolute atomic E-state index is 9.52. The van der Waals surface area contributed by atoms with Crippen LogP contribution in [0.2, 0.25) is 0 Å². The summed E-state index contributed by atoms with van der Waals surface area (Å²) in [6.45, 7) is 1.97. The van der Waals surface area contributed by atoms with E-state index in [1.807, 2.05) is 6.92 Å². The van der Waals surface area contributed by atoms with E-state index in [-0.39, 0.29) is 11.4 Å². The number of rotatable bonds is 4. The summed E-state index contributed by atoms with van der Waals surface area (Å²) in [5, 5.41) is 19.5. The zero-order valence-electron chi connectivity index (χ0n) is 12.3. The van der Waals surface area contributed by atoms with Gasteiger partial charge in [-0.3, -0.25) is 0 Å². The van der Waals surface area contributed by atoms with Crippen LogP contribution in [0.1, 0.15) is 18.1 Å². The first kappa shape index (κ1) is 15.7. The van der Waals surface area contributed by atoms with Crippen molar-refractivity contribution in [2.45, 2.75) is 11.9 Å². The van der Waals surface area contributed by atoms with Crippen LogP contribution in [0.5, 0.6) is 5.75 Å². The number of thioether (sulfide) groups is 1. The van der Waals surface area contributed by atoms with E-state index in [9.17, 15) is 10.5 Å². The van der Waals surface area contributed by atoms with Gasteiger partial charge in [-0.1, -0.05) is 19.1 Å². The molecule has 6 heteroatoms. The maximum atomic E-state index is 9.52. The Morgan fingerprint density at radius 3 is 2.32 bits per heavy atom. The van der Waals surface area contributed by atoms with E-state index in [2.05, 4.69) is 17.1 Å². The van der Waals surface area contributed by atoms with E-state index in [1.165, 1.54) is 11.8 Å². The van der Waals surface area contributed by atoms with Crippen LogP contribution < -0.4 is 10.5 Å². The average molecular weight is 310 g/mol. The molecular formula is C16H14N4OS. The summed E-state index contributed by atoms with van der Waals surface area (Å²) >= 11 is 1.43. The van der Waals surface area contributed by atoms with Crippen molar-refractivity contribution in [2.24, 2.45) is 0 Å². The molecule has 0 bridgehead atoms. The first-order valence-corrected chi connectivity index (χ1v) is 7.55. The Bertz CT molecular complexity index is 773. The van der Waals surface area contributed by atoms with Crippen LogP contribution >= 0.6 is 11.8 Å². The van der Waals surface area contributed by atoms with Crippen molar-refractivity contribution in [3.63, 3.8) is 0 Å². The van der Waals surface area contributed by atoms with Crippen LogP contribution in [-0.2, 0) is 0 Å². The van der Waals surface area contributed by atoms with Gasteiger partial charge in [-0.05, 0) is 23.4 Å². The summed E-state index contributed by atoms with van der Waals surface area (Å²) in [6, 6.07) is 11.4. The fourth-order valence-corrected chi connectivity index (χ4v) is 2.81. The third kappa shape index (κ3) is 2.83. The zero-order chi connectivity index (χ0) is 16.1. The number of pyridine rings is 1. The topological polar surface area (TPSA) is 95.7 Å². The molecule has 22 heavy (non-hydrogen) atoms. The number of nitrogens with zero attached hydrogens (tertiary/aromatic N) is 3. The third-order valence-electron chi connectivity index (χ3n) is 3.08. The number of nitrogen functional groups attached to an aromatic ring is 1. The lowest BCUT2D eigenvalue weighted by Crippen LogP contribution is -2.03. The standard InChI is InChI=1S/C16H14N4OS/c1-3-22-16-13(9-18)14(12(8-17)15(19)20-16)10-4-6-11(21-2)7-5-10/h4-7H,3H2,1-2H3,(H2,19,20). The summed E-state index contributed by atoms with van der Waals surface area (Å²) in [4.78, 5) is 4.20. The molecule has 0 spiro atoms. The van der Waals surface area contributed by atoms with Gasteiger partial charge in [0.25, 0.3) is 0 Å². The number of benzene rings is 1. The largest absolute Gasteiger partial charge is 0.497 e. The Kier molecular flexibility index (Phi) is 4.88.